The van der Waals surface area contributed by atoms with Crippen molar-refractivity contribution in [2.45, 2.75) is 45.6 Å². The molecule has 25 heavy (non-hydrogen) atoms. The van der Waals surface area contributed by atoms with Crippen LogP contribution in [0.1, 0.15) is 39.0 Å². The van der Waals surface area contributed by atoms with Gasteiger partial charge in [-0.2, -0.15) is 0 Å². The monoisotopic (exact) mass is 347 g/mol. The molecule has 1 aromatic heterocycles. The molecule has 0 bridgehead atoms. The first-order chi connectivity index (χ1) is 12.2. The lowest BCUT2D eigenvalue weighted by Crippen LogP contribution is -2.48. The summed E-state index contributed by atoms with van der Waals surface area (Å²) in [6.45, 7) is 9.10. The van der Waals surface area contributed by atoms with Crippen molar-refractivity contribution in [1.29, 1.82) is 0 Å². The molecule has 2 aliphatic heterocycles. The average molecular weight is 348 g/mol. The molecular formula is C19H33N5O. The zero-order valence-electron chi connectivity index (χ0n) is 15.6. The van der Waals surface area contributed by atoms with Crippen molar-refractivity contribution in [2.24, 2.45) is 11.8 Å². The Balaban J connectivity index is 1.35. The molecule has 2 fully saturated rings. The lowest BCUT2D eigenvalue weighted by molar-refractivity contribution is 0.153. The fourth-order valence-corrected chi connectivity index (χ4v) is 4.14. The summed E-state index contributed by atoms with van der Waals surface area (Å²) in [5, 5.41) is 3.13. The van der Waals surface area contributed by atoms with Crippen molar-refractivity contribution in [3.63, 3.8) is 0 Å². The van der Waals surface area contributed by atoms with Crippen molar-refractivity contribution >= 4 is 6.03 Å². The van der Waals surface area contributed by atoms with Gasteiger partial charge in [-0.15, -0.1) is 0 Å². The fourth-order valence-electron chi connectivity index (χ4n) is 4.14. The van der Waals surface area contributed by atoms with E-state index in [4.69, 9.17) is 0 Å². The molecule has 0 aliphatic carbocycles. The summed E-state index contributed by atoms with van der Waals surface area (Å²) in [6.07, 6.45) is 11.9. The van der Waals surface area contributed by atoms with Gasteiger partial charge in [-0.1, -0.05) is 13.3 Å². The Labute approximate surface area is 151 Å². The molecule has 2 aliphatic rings. The summed E-state index contributed by atoms with van der Waals surface area (Å²) in [4.78, 5) is 21.1. The molecule has 2 amide bonds. The van der Waals surface area contributed by atoms with E-state index >= 15 is 0 Å². The van der Waals surface area contributed by atoms with Gasteiger partial charge in [-0.3, -0.25) is 0 Å². The molecular weight excluding hydrogens is 314 g/mol. The van der Waals surface area contributed by atoms with Gasteiger partial charge in [0.25, 0.3) is 0 Å². The quantitative estimate of drug-likeness (QED) is 0.860. The molecule has 1 atom stereocenters. The van der Waals surface area contributed by atoms with Crippen molar-refractivity contribution < 1.29 is 4.79 Å². The fraction of sp³-hybridized carbons (Fsp3) is 0.789. The third-order valence-corrected chi connectivity index (χ3v) is 5.82. The first-order valence-corrected chi connectivity index (χ1v) is 9.95. The van der Waals surface area contributed by atoms with Crippen molar-refractivity contribution in [2.75, 3.05) is 39.3 Å². The molecule has 1 unspecified atom stereocenters. The van der Waals surface area contributed by atoms with E-state index in [0.29, 0.717) is 5.92 Å². The number of hydrogen-bond acceptors (Lipinski definition) is 3. The van der Waals surface area contributed by atoms with E-state index in [1.54, 1.807) is 0 Å². The minimum absolute atomic E-state index is 0.110. The highest BCUT2D eigenvalue weighted by Crippen LogP contribution is 2.20. The molecule has 140 valence electrons. The zero-order valence-corrected chi connectivity index (χ0v) is 15.6. The molecule has 6 heteroatoms. The Morgan fingerprint density at radius 1 is 1.20 bits per heavy atom. The lowest BCUT2D eigenvalue weighted by Gasteiger charge is -2.34. The van der Waals surface area contributed by atoms with Gasteiger partial charge in [0.2, 0.25) is 0 Å². The number of nitrogens with one attached hydrogen (secondary N) is 1. The van der Waals surface area contributed by atoms with Crippen LogP contribution in [0.25, 0.3) is 0 Å². The molecule has 1 aromatic rings. The van der Waals surface area contributed by atoms with Gasteiger partial charge in [-0.05, 0) is 50.6 Å². The van der Waals surface area contributed by atoms with E-state index in [2.05, 4.69) is 26.7 Å². The summed E-state index contributed by atoms with van der Waals surface area (Å²) in [5.41, 5.74) is 0. The average Bonchev–Trinajstić information content (AvgIpc) is 3.15. The first-order valence-electron chi connectivity index (χ1n) is 9.95. The Hall–Kier alpha value is -1.56. The predicted octanol–water partition coefficient (Wildman–Crippen LogP) is 2.43. The van der Waals surface area contributed by atoms with E-state index in [9.17, 15) is 4.79 Å². The van der Waals surface area contributed by atoms with Gasteiger partial charge in [0.05, 0.1) is 6.33 Å². The van der Waals surface area contributed by atoms with Crippen molar-refractivity contribution in [1.82, 2.24) is 24.7 Å². The molecule has 1 N–H and O–H groups in total. The third-order valence-electron chi connectivity index (χ3n) is 5.82. The number of hydrogen-bond donors (Lipinski definition) is 1. The van der Waals surface area contributed by atoms with Crippen LogP contribution in [0.15, 0.2) is 18.7 Å². The smallest absolute Gasteiger partial charge is 0.317 e. The number of carbonyl (C=O) groups is 1. The Kier molecular flexibility index (Phi) is 6.73. The van der Waals surface area contributed by atoms with Crippen LogP contribution in [-0.4, -0.2) is 64.7 Å². The number of likely N-dealkylation sites (tertiary alicyclic amines) is 2. The van der Waals surface area contributed by atoms with Gasteiger partial charge in [-0.25, -0.2) is 9.78 Å². The van der Waals surface area contributed by atoms with Gasteiger partial charge in [0.15, 0.2) is 0 Å². The van der Waals surface area contributed by atoms with E-state index in [1.165, 1.54) is 38.8 Å². The minimum Gasteiger partial charge on any atom is -0.337 e. The van der Waals surface area contributed by atoms with Crippen LogP contribution < -0.4 is 5.32 Å². The standard InChI is InChI=1S/C19H33N5O/c1-2-17-5-10-22(11-6-17)13-8-21-19(25)24-9-3-4-18(15-24)14-23-12-7-20-16-23/h7,12,16-18H,2-6,8-11,13-15H2,1H3,(H,21,25). The lowest BCUT2D eigenvalue weighted by atomic mass is 9.94. The second kappa shape index (κ2) is 9.22. The highest BCUT2D eigenvalue weighted by atomic mass is 16.2. The summed E-state index contributed by atoms with van der Waals surface area (Å²) in [6, 6.07) is 0.110. The molecule has 0 radical (unpaired) electrons. The highest BCUT2D eigenvalue weighted by Gasteiger charge is 2.24. The number of urea groups is 1. The van der Waals surface area contributed by atoms with Crippen LogP contribution in [0.4, 0.5) is 4.79 Å². The number of nitrogens with zero attached hydrogens (tertiary/aromatic N) is 4. The molecule has 0 spiro atoms. The summed E-state index contributed by atoms with van der Waals surface area (Å²) < 4.78 is 2.12. The van der Waals surface area contributed by atoms with E-state index in [0.717, 1.165) is 45.1 Å². The second-order valence-corrected chi connectivity index (χ2v) is 7.64. The van der Waals surface area contributed by atoms with Crippen LogP contribution >= 0.6 is 0 Å². The largest absolute Gasteiger partial charge is 0.337 e. The van der Waals surface area contributed by atoms with Gasteiger partial charge >= 0.3 is 6.03 Å². The summed E-state index contributed by atoms with van der Waals surface area (Å²) in [5.74, 6) is 1.44. The number of piperidine rings is 2. The summed E-state index contributed by atoms with van der Waals surface area (Å²) in [7, 11) is 0. The first kappa shape index (κ1) is 18.2. The second-order valence-electron chi connectivity index (χ2n) is 7.64. The van der Waals surface area contributed by atoms with Crippen LogP contribution in [0.2, 0.25) is 0 Å². The number of aromatic nitrogens is 2. The molecule has 3 rings (SSSR count). The topological polar surface area (TPSA) is 53.4 Å². The van der Waals surface area contributed by atoms with E-state index in [-0.39, 0.29) is 6.03 Å². The van der Waals surface area contributed by atoms with Gasteiger partial charge in [0.1, 0.15) is 0 Å². The van der Waals surface area contributed by atoms with E-state index in [1.807, 2.05) is 23.6 Å². The normalized spacial score (nSPS) is 22.9. The maximum absolute atomic E-state index is 12.5. The molecule has 0 aromatic carbocycles. The van der Waals surface area contributed by atoms with Crippen LogP contribution in [0.5, 0.6) is 0 Å². The third kappa shape index (κ3) is 5.46. The maximum atomic E-state index is 12.5. The van der Waals surface area contributed by atoms with Gasteiger partial charge < -0.3 is 19.7 Å². The number of rotatable bonds is 6. The molecule has 2 saturated heterocycles. The van der Waals surface area contributed by atoms with Crippen LogP contribution in [0, 0.1) is 11.8 Å². The molecule has 0 saturated carbocycles. The number of imidazole rings is 1. The molecule has 3 heterocycles. The molecule has 6 nitrogen and oxygen atoms in total. The number of amides is 2. The number of carbonyl (C=O) groups excluding carboxylic acids is 1. The Bertz CT molecular complexity index is 510. The van der Waals surface area contributed by atoms with Crippen LogP contribution in [-0.2, 0) is 6.54 Å². The van der Waals surface area contributed by atoms with Gasteiger partial charge in [0, 0.05) is 45.1 Å². The Morgan fingerprint density at radius 3 is 2.76 bits per heavy atom. The predicted molar refractivity (Wildman–Crippen MR) is 99.4 cm³/mol. The highest BCUT2D eigenvalue weighted by molar-refractivity contribution is 5.74. The zero-order chi connectivity index (χ0) is 17.5. The maximum Gasteiger partial charge on any atom is 0.317 e. The Morgan fingerprint density at radius 2 is 2.04 bits per heavy atom. The minimum atomic E-state index is 0.110. The van der Waals surface area contributed by atoms with Crippen LogP contribution in [0.3, 0.4) is 0 Å². The summed E-state index contributed by atoms with van der Waals surface area (Å²) >= 11 is 0. The van der Waals surface area contributed by atoms with Crippen molar-refractivity contribution in [3.05, 3.63) is 18.7 Å². The van der Waals surface area contributed by atoms with E-state index < -0.39 is 0 Å². The van der Waals surface area contributed by atoms with Crippen molar-refractivity contribution in [3.8, 4) is 0 Å². The SMILES string of the molecule is CCC1CCN(CCNC(=O)N2CCCC(Cn3ccnc3)C2)CC1.